The van der Waals surface area contributed by atoms with Crippen molar-refractivity contribution >= 4 is 12.6 Å². The summed E-state index contributed by atoms with van der Waals surface area (Å²) in [6.07, 6.45) is 1.59. The third-order valence-corrected chi connectivity index (χ3v) is 1.99. The molecule has 0 unspecified atom stereocenters. The minimum absolute atomic E-state index is 0.0590. The maximum Gasteiger partial charge on any atom is 0.387 e. The second kappa shape index (κ2) is 5.95. The molecule has 0 radical (unpaired) electrons. The molecular formula is C11H10F2O3. The molecule has 16 heavy (non-hydrogen) atoms. The van der Waals surface area contributed by atoms with Gasteiger partial charge in [0.25, 0.3) is 0 Å². The van der Waals surface area contributed by atoms with Gasteiger partial charge in [-0.3, -0.25) is 4.79 Å². The number of carbonyl (C=O) groups excluding carboxylic acids is 2. The van der Waals surface area contributed by atoms with Gasteiger partial charge in [0.2, 0.25) is 0 Å². The fourth-order valence-electron chi connectivity index (χ4n) is 1.34. The molecule has 0 spiro atoms. The van der Waals surface area contributed by atoms with Crippen molar-refractivity contribution in [2.75, 3.05) is 0 Å². The number of aryl methyl sites for hydroxylation is 1. The highest BCUT2D eigenvalue weighted by atomic mass is 19.3. The first kappa shape index (κ1) is 12.3. The number of para-hydroxylation sites is 1. The van der Waals surface area contributed by atoms with Gasteiger partial charge in [-0.2, -0.15) is 8.78 Å². The quantitative estimate of drug-likeness (QED) is 0.701. The largest absolute Gasteiger partial charge is 0.434 e. The summed E-state index contributed by atoms with van der Waals surface area (Å²) in [7, 11) is 0. The molecule has 0 heterocycles. The van der Waals surface area contributed by atoms with Crippen molar-refractivity contribution in [3.8, 4) is 5.75 Å². The van der Waals surface area contributed by atoms with E-state index in [1.807, 2.05) is 0 Å². The van der Waals surface area contributed by atoms with Crippen molar-refractivity contribution in [3.05, 3.63) is 29.3 Å². The summed E-state index contributed by atoms with van der Waals surface area (Å²) in [5.41, 5.74) is 0.487. The maximum atomic E-state index is 12.1. The van der Waals surface area contributed by atoms with Crippen LogP contribution >= 0.6 is 0 Å². The highest BCUT2D eigenvalue weighted by Gasteiger charge is 2.13. The van der Waals surface area contributed by atoms with Crippen LogP contribution in [0.25, 0.3) is 0 Å². The highest BCUT2D eigenvalue weighted by molar-refractivity contribution is 5.80. The Balaban J connectivity index is 3.04. The predicted molar refractivity (Wildman–Crippen MR) is 52.8 cm³/mol. The van der Waals surface area contributed by atoms with Crippen LogP contribution in [0.3, 0.4) is 0 Å². The molecular weight excluding hydrogens is 218 g/mol. The lowest BCUT2D eigenvalue weighted by atomic mass is 10.1. The molecule has 0 atom stereocenters. The molecule has 0 aliphatic rings. The Morgan fingerprint density at radius 2 is 2.06 bits per heavy atom. The molecule has 0 N–H and O–H groups in total. The molecule has 5 heteroatoms. The number of halogens is 2. The zero-order chi connectivity index (χ0) is 12.0. The van der Waals surface area contributed by atoms with Gasteiger partial charge in [0.05, 0.1) is 5.56 Å². The lowest BCUT2D eigenvalue weighted by Gasteiger charge is -2.11. The van der Waals surface area contributed by atoms with Gasteiger partial charge in [0.15, 0.2) is 6.29 Å². The zero-order valence-corrected chi connectivity index (χ0v) is 8.36. The number of carbonyl (C=O) groups is 2. The van der Waals surface area contributed by atoms with Gasteiger partial charge in [0, 0.05) is 6.42 Å². The van der Waals surface area contributed by atoms with Crippen molar-refractivity contribution in [2.24, 2.45) is 0 Å². The summed E-state index contributed by atoms with van der Waals surface area (Å²) >= 11 is 0. The fourth-order valence-corrected chi connectivity index (χ4v) is 1.34. The van der Waals surface area contributed by atoms with Crippen molar-refractivity contribution in [2.45, 2.75) is 19.5 Å². The molecule has 3 nitrogen and oxygen atoms in total. The number of benzene rings is 1. The fraction of sp³-hybridized carbons (Fsp3) is 0.273. The van der Waals surface area contributed by atoms with Crippen LogP contribution in [0.5, 0.6) is 5.75 Å². The van der Waals surface area contributed by atoms with Crippen LogP contribution in [-0.2, 0) is 11.2 Å². The van der Waals surface area contributed by atoms with Crippen molar-refractivity contribution in [3.63, 3.8) is 0 Å². The maximum absolute atomic E-state index is 12.1. The van der Waals surface area contributed by atoms with Crippen LogP contribution in [0, 0.1) is 0 Å². The van der Waals surface area contributed by atoms with Gasteiger partial charge in [-0.15, -0.1) is 0 Å². The lowest BCUT2D eigenvalue weighted by Crippen LogP contribution is -2.07. The van der Waals surface area contributed by atoms with Crippen LogP contribution < -0.4 is 4.74 Å². The molecule has 0 fully saturated rings. The van der Waals surface area contributed by atoms with Gasteiger partial charge < -0.3 is 9.53 Å². The van der Waals surface area contributed by atoms with Gasteiger partial charge in [-0.1, -0.05) is 12.1 Å². The standard InChI is InChI=1S/C11H10F2O3/c12-11(13)16-10-8(5-2-6-14)3-1-4-9(10)7-15/h1,3-4,6-7,11H,2,5H2. The minimum atomic E-state index is -2.99. The van der Waals surface area contributed by atoms with E-state index in [9.17, 15) is 18.4 Å². The van der Waals surface area contributed by atoms with Gasteiger partial charge in [-0.05, 0) is 18.1 Å². The second-order valence-electron chi connectivity index (χ2n) is 3.04. The summed E-state index contributed by atoms with van der Waals surface area (Å²) in [4.78, 5) is 20.8. The van der Waals surface area contributed by atoms with E-state index in [1.165, 1.54) is 6.07 Å². The normalized spacial score (nSPS) is 10.2. The van der Waals surface area contributed by atoms with Gasteiger partial charge in [-0.25, -0.2) is 0 Å². The Bertz CT molecular complexity index is 377. The molecule has 0 saturated heterocycles. The Hall–Kier alpha value is -1.78. The van der Waals surface area contributed by atoms with Crippen LogP contribution in [0.1, 0.15) is 22.3 Å². The van der Waals surface area contributed by atoms with Crippen LogP contribution in [0.2, 0.25) is 0 Å². The average Bonchev–Trinajstić information content (AvgIpc) is 2.27. The molecule has 1 aromatic carbocycles. The molecule has 0 saturated carbocycles. The second-order valence-corrected chi connectivity index (χ2v) is 3.04. The summed E-state index contributed by atoms with van der Waals surface area (Å²) in [6.45, 7) is -2.99. The molecule has 0 bridgehead atoms. The monoisotopic (exact) mass is 228 g/mol. The molecule has 0 amide bonds. The van der Waals surface area contributed by atoms with Crippen molar-refractivity contribution < 1.29 is 23.1 Å². The van der Waals surface area contributed by atoms with Gasteiger partial charge in [0.1, 0.15) is 12.0 Å². The number of rotatable bonds is 6. The smallest absolute Gasteiger partial charge is 0.387 e. The summed E-state index contributed by atoms with van der Waals surface area (Å²) in [6, 6.07) is 4.49. The first-order valence-corrected chi connectivity index (χ1v) is 4.64. The molecule has 1 aromatic rings. The van der Waals surface area contributed by atoms with Crippen LogP contribution in [0.15, 0.2) is 18.2 Å². The molecule has 1 rings (SSSR count). The number of ether oxygens (including phenoxy) is 1. The first-order chi connectivity index (χ1) is 7.69. The molecule has 0 aliphatic heterocycles. The minimum Gasteiger partial charge on any atom is -0.434 e. The highest BCUT2D eigenvalue weighted by Crippen LogP contribution is 2.25. The van der Waals surface area contributed by atoms with E-state index in [0.29, 0.717) is 18.1 Å². The van der Waals surface area contributed by atoms with E-state index in [1.54, 1.807) is 12.1 Å². The number of alkyl halides is 2. The predicted octanol–water partition coefficient (Wildman–Crippen LogP) is 2.23. The Labute approximate surface area is 91.0 Å². The molecule has 0 aromatic heterocycles. The van der Waals surface area contributed by atoms with E-state index in [-0.39, 0.29) is 24.2 Å². The average molecular weight is 228 g/mol. The summed E-state index contributed by atoms with van der Waals surface area (Å²) in [5.74, 6) is -0.144. The van der Waals surface area contributed by atoms with E-state index >= 15 is 0 Å². The summed E-state index contributed by atoms with van der Waals surface area (Å²) < 4.78 is 28.5. The van der Waals surface area contributed by atoms with E-state index in [2.05, 4.69) is 4.74 Å². The topological polar surface area (TPSA) is 43.4 Å². The Kier molecular flexibility index (Phi) is 4.57. The van der Waals surface area contributed by atoms with E-state index < -0.39 is 6.61 Å². The third kappa shape index (κ3) is 3.12. The third-order valence-electron chi connectivity index (χ3n) is 1.99. The van der Waals surface area contributed by atoms with Crippen LogP contribution in [-0.4, -0.2) is 19.2 Å². The van der Waals surface area contributed by atoms with Crippen molar-refractivity contribution in [1.82, 2.24) is 0 Å². The molecule has 86 valence electrons. The Morgan fingerprint density at radius 1 is 1.31 bits per heavy atom. The zero-order valence-electron chi connectivity index (χ0n) is 8.36. The SMILES string of the molecule is O=CCCc1cccc(C=O)c1OC(F)F. The summed E-state index contributed by atoms with van der Waals surface area (Å²) in [5, 5.41) is 0. The molecule has 0 aliphatic carbocycles. The number of hydrogen-bond acceptors (Lipinski definition) is 3. The van der Waals surface area contributed by atoms with E-state index in [0.717, 1.165) is 0 Å². The lowest BCUT2D eigenvalue weighted by molar-refractivity contribution is -0.107. The Morgan fingerprint density at radius 3 is 2.62 bits per heavy atom. The van der Waals surface area contributed by atoms with Gasteiger partial charge >= 0.3 is 6.61 Å². The first-order valence-electron chi connectivity index (χ1n) is 4.64. The number of aldehydes is 2. The number of hydrogen-bond donors (Lipinski definition) is 0. The van der Waals surface area contributed by atoms with E-state index in [4.69, 9.17) is 0 Å². The van der Waals surface area contributed by atoms with Crippen LogP contribution in [0.4, 0.5) is 8.78 Å². The van der Waals surface area contributed by atoms with Crippen molar-refractivity contribution in [1.29, 1.82) is 0 Å².